The summed E-state index contributed by atoms with van der Waals surface area (Å²) in [6, 6.07) is 7.41. The number of rotatable bonds is 5. The SMILES string of the molecule is CC(C)(C)OC(=O)N(Cc1ccc(CC(=O)O)cc1)C1CCOCC1. The Kier molecular flexibility index (Phi) is 6.42. The van der Waals surface area contributed by atoms with Gasteiger partial charge in [-0.05, 0) is 44.7 Å². The number of nitrogens with zero attached hydrogens (tertiary/aromatic N) is 1. The molecule has 1 N–H and O–H groups in total. The van der Waals surface area contributed by atoms with Crippen LogP contribution in [-0.2, 0) is 27.2 Å². The van der Waals surface area contributed by atoms with Gasteiger partial charge in [-0.3, -0.25) is 4.79 Å². The van der Waals surface area contributed by atoms with Crippen molar-refractivity contribution in [1.82, 2.24) is 4.90 Å². The summed E-state index contributed by atoms with van der Waals surface area (Å²) in [6.45, 7) is 7.28. The highest BCUT2D eigenvalue weighted by molar-refractivity contribution is 5.70. The lowest BCUT2D eigenvalue weighted by atomic mass is 10.0. The van der Waals surface area contributed by atoms with Gasteiger partial charge in [0.1, 0.15) is 5.60 Å². The average Bonchev–Trinajstić information content (AvgIpc) is 2.52. The smallest absolute Gasteiger partial charge is 0.410 e. The first-order valence-electron chi connectivity index (χ1n) is 8.61. The third kappa shape index (κ3) is 6.38. The molecule has 0 unspecified atom stereocenters. The standard InChI is InChI=1S/C19H27NO5/c1-19(2,3)25-18(23)20(16-8-10-24-11-9-16)13-15-6-4-14(5-7-15)12-17(21)22/h4-7,16H,8-13H2,1-3H3,(H,21,22). The van der Waals surface area contributed by atoms with E-state index in [0.717, 1.165) is 24.0 Å². The van der Waals surface area contributed by atoms with Gasteiger partial charge in [-0.1, -0.05) is 24.3 Å². The molecule has 1 aromatic rings. The van der Waals surface area contributed by atoms with E-state index >= 15 is 0 Å². The second kappa shape index (κ2) is 8.34. The van der Waals surface area contributed by atoms with Crippen LogP contribution < -0.4 is 0 Å². The van der Waals surface area contributed by atoms with Gasteiger partial charge in [-0.2, -0.15) is 0 Å². The summed E-state index contributed by atoms with van der Waals surface area (Å²) in [5, 5.41) is 8.85. The minimum atomic E-state index is -0.856. The molecule has 0 saturated carbocycles. The van der Waals surface area contributed by atoms with Gasteiger partial charge in [0.2, 0.25) is 0 Å². The number of amides is 1. The molecule has 6 heteroatoms. The van der Waals surface area contributed by atoms with Crippen LogP contribution in [0.15, 0.2) is 24.3 Å². The third-order valence-corrected chi connectivity index (χ3v) is 3.99. The molecule has 1 saturated heterocycles. The molecule has 138 valence electrons. The van der Waals surface area contributed by atoms with E-state index in [1.54, 1.807) is 17.0 Å². The highest BCUT2D eigenvalue weighted by atomic mass is 16.6. The van der Waals surface area contributed by atoms with Crippen molar-refractivity contribution in [1.29, 1.82) is 0 Å². The normalized spacial score (nSPS) is 15.6. The lowest BCUT2D eigenvalue weighted by molar-refractivity contribution is -0.136. The largest absolute Gasteiger partial charge is 0.481 e. The second-order valence-corrected chi connectivity index (χ2v) is 7.34. The van der Waals surface area contributed by atoms with Crippen LogP contribution in [0.4, 0.5) is 4.79 Å². The molecule has 1 aromatic carbocycles. The molecule has 0 bridgehead atoms. The second-order valence-electron chi connectivity index (χ2n) is 7.34. The first-order valence-corrected chi connectivity index (χ1v) is 8.61. The van der Waals surface area contributed by atoms with Gasteiger partial charge in [-0.15, -0.1) is 0 Å². The lowest BCUT2D eigenvalue weighted by Gasteiger charge is -2.35. The minimum Gasteiger partial charge on any atom is -0.481 e. The van der Waals surface area contributed by atoms with E-state index in [1.165, 1.54) is 0 Å². The van der Waals surface area contributed by atoms with E-state index in [4.69, 9.17) is 14.6 Å². The number of carboxylic acids is 1. The zero-order valence-electron chi connectivity index (χ0n) is 15.2. The quantitative estimate of drug-likeness (QED) is 0.883. The fourth-order valence-corrected chi connectivity index (χ4v) is 2.79. The molecule has 1 amide bonds. The summed E-state index contributed by atoms with van der Waals surface area (Å²) in [7, 11) is 0. The molecule has 1 heterocycles. The first kappa shape index (κ1) is 19.2. The molecule has 2 rings (SSSR count). The predicted molar refractivity (Wildman–Crippen MR) is 93.4 cm³/mol. The van der Waals surface area contributed by atoms with Gasteiger partial charge in [0.05, 0.1) is 6.42 Å². The average molecular weight is 349 g/mol. The molecule has 0 spiro atoms. The van der Waals surface area contributed by atoms with Gasteiger partial charge < -0.3 is 19.5 Å². The highest BCUT2D eigenvalue weighted by Crippen LogP contribution is 2.21. The Hall–Kier alpha value is -2.08. The molecule has 0 radical (unpaired) electrons. The fourth-order valence-electron chi connectivity index (χ4n) is 2.79. The van der Waals surface area contributed by atoms with Crippen molar-refractivity contribution in [2.24, 2.45) is 0 Å². The van der Waals surface area contributed by atoms with Crippen LogP contribution in [0.1, 0.15) is 44.7 Å². The van der Waals surface area contributed by atoms with Gasteiger partial charge >= 0.3 is 12.1 Å². The Labute approximate surface area is 148 Å². The summed E-state index contributed by atoms with van der Waals surface area (Å²) in [4.78, 5) is 25.2. The van der Waals surface area contributed by atoms with Gasteiger partial charge in [0.25, 0.3) is 0 Å². The van der Waals surface area contributed by atoms with Crippen LogP contribution >= 0.6 is 0 Å². The van der Waals surface area contributed by atoms with E-state index < -0.39 is 11.6 Å². The fraction of sp³-hybridized carbons (Fsp3) is 0.579. The molecule has 25 heavy (non-hydrogen) atoms. The molecule has 0 atom stereocenters. The minimum absolute atomic E-state index is 0.00394. The maximum atomic E-state index is 12.7. The number of hydrogen-bond acceptors (Lipinski definition) is 4. The van der Waals surface area contributed by atoms with E-state index in [2.05, 4.69) is 0 Å². The summed E-state index contributed by atoms with van der Waals surface area (Å²) in [5.74, 6) is -0.856. The van der Waals surface area contributed by atoms with Crippen molar-refractivity contribution in [3.8, 4) is 0 Å². The number of carboxylic acid groups (broad SMARTS) is 1. The van der Waals surface area contributed by atoms with Crippen molar-refractivity contribution in [2.45, 2.75) is 58.2 Å². The number of carbonyl (C=O) groups is 2. The number of hydrogen-bond donors (Lipinski definition) is 1. The summed E-state index contributed by atoms with van der Waals surface area (Å²) in [5.41, 5.74) is 1.14. The number of ether oxygens (including phenoxy) is 2. The molecule has 1 aliphatic rings. The van der Waals surface area contributed by atoms with Gasteiger partial charge in [0.15, 0.2) is 0 Å². The van der Waals surface area contributed by atoms with Crippen LogP contribution in [-0.4, -0.2) is 46.9 Å². The van der Waals surface area contributed by atoms with E-state index in [1.807, 2.05) is 32.9 Å². The zero-order chi connectivity index (χ0) is 18.4. The summed E-state index contributed by atoms with van der Waals surface area (Å²) < 4.78 is 11.0. The summed E-state index contributed by atoms with van der Waals surface area (Å²) >= 11 is 0. The maximum absolute atomic E-state index is 12.7. The van der Waals surface area contributed by atoms with Crippen LogP contribution in [0.3, 0.4) is 0 Å². The Bertz CT molecular complexity index is 585. The number of benzene rings is 1. The Morgan fingerprint density at radius 1 is 1.16 bits per heavy atom. The maximum Gasteiger partial charge on any atom is 0.410 e. The topological polar surface area (TPSA) is 76.1 Å². The van der Waals surface area contributed by atoms with E-state index in [-0.39, 0.29) is 18.6 Å². The zero-order valence-corrected chi connectivity index (χ0v) is 15.2. The summed E-state index contributed by atoms with van der Waals surface area (Å²) in [6.07, 6.45) is 1.25. The van der Waals surface area contributed by atoms with Gasteiger partial charge in [-0.25, -0.2) is 4.79 Å². The van der Waals surface area contributed by atoms with Crippen LogP contribution in [0.5, 0.6) is 0 Å². The first-order chi connectivity index (χ1) is 11.7. The van der Waals surface area contributed by atoms with Crippen molar-refractivity contribution in [3.05, 3.63) is 35.4 Å². The van der Waals surface area contributed by atoms with E-state index in [9.17, 15) is 9.59 Å². The molecule has 0 aromatic heterocycles. The van der Waals surface area contributed by atoms with Crippen molar-refractivity contribution < 1.29 is 24.2 Å². The molecular formula is C19H27NO5. The Morgan fingerprint density at radius 3 is 2.24 bits per heavy atom. The Balaban J connectivity index is 2.11. The van der Waals surface area contributed by atoms with Crippen LogP contribution in [0.2, 0.25) is 0 Å². The lowest BCUT2D eigenvalue weighted by Crippen LogP contribution is -2.45. The Morgan fingerprint density at radius 2 is 1.72 bits per heavy atom. The van der Waals surface area contributed by atoms with Crippen molar-refractivity contribution >= 4 is 12.1 Å². The number of carbonyl (C=O) groups excluding carboxylic acids is 1. The molecule has 1 aliphatic heterocycles. The van der Waals surface area contributed by atoms with Crippen molar-refractivity contribution in [2.75, 3.05) is 13.2 Å². The predicted octanol–water partition coefficient (Wildman–Crippen LogP) is 3.23. The molecular weight excluding hydrogens is 322 g/mol. The highest BCUT2D eigenvalue weighted by Gasteiger charge is 2.29. The molecule has 1 fully saturated rings. The molecule has 6 nitrogen and oxygen atoms in total. The third-order valence-electron chi connectivity index (χ3n) is 3.99. The number of aliphatic carboxylic acids is 1. The monoisotopic (exact) mass is 349 g/mol. The van der Waals surface area contributed by atoms with Gasteiger partial charge in [0, 0.05) is 25.8 Å². The molecule has 0 aliphatic carbocycles. The van der Waals surface area contributed by atoms with Crippen LogP contribution in [0.25, 0.3) is 0 Å². The van der Waals surface area contributed by atoms with Crippen molar-refractivity contribution in [3.63, 3.8) is 0 Å². The van der Waals surface area contributed by atoms with Crippen LogP contribution in [0, 0.1) is 0 Å². The van der Waals surface area contributed by atoms with E-state index in [0.29, 0.717) is 19.8 Å².